The molecule has 0 bridgehead atoms. The first kappa shape index (κ1) is 21.9. The van der Waals surface area contributed by atoms with Crippen molar-refractivity contribution in [1.82, 2.24) is 5.32 Å². The number of sulfonamides is 1. The largest absolute Gasteiger partial charge is 0.351 e. The molecule has 0 aliphatic heterocycles. The molecular formula is C18H20Cl2N2O3S2. The summed E-state index contributed by atoms with van der Waals surface area (Å²) in [7, 11) is -3.41. The number of aryl methyl sites for hydroxylation is 1. The first-order valence-corrected chi connectivity index (χ1v) is 11.8. The highest BCUT2D eigenvalue weighted by atomic mass is 35.5. The molecule has 0 saturated carbocycles. The molecule has 0 unspecified atom stereocenters. The topological polar surface area (TPSA) is 75.3 Å². The zero-order valence-electron chi connectivity index (χ0n) is 14.9. The summed E-state index contributed by atoms with van der Waals surface area (Å²) in [5.41, 5.74) is 2.41. The van der Waals surface area contributed by atoms with Crippen LogP contribution in [0, 0.1) is 6.92 Å². The second-order valence-corrected chi connectivity index (χ2v) is 9.58. The SMILES string of the molecule is Cc1ccc(C(=O)NCCSCc2c(Cl)cccc2Cl)cc1NS(C)(=O)=O. The summed E-state index contributed by atoms with van der Waals surface area (Å²) in [6.07, 6.45) is 1.07. The molecule has 9 heteroatoms. The van der Waals surface area contributed by atoms with Crippen LogP contribution < -0.4 is 10.0 Å². The van der Waals surface area contributed by atoms with Crippen molar-refractivity contribution in [3.05, 3.63) is 63.1 Å². The van der Waals surface area contributed by atoms with Gasteiger partial charge in [0.1, 0.15) is 0 Å². The fourth-order valence-corrected chi connectivity index (χ4v) is 4.47. The summed E-state index contributed by atoms with van der Waals surface area (Å²) >= 11 is 13.9. The summed E-state index contributed by atoms with van der Waals surface area (Å²) in [5, 5.41) is 4.08. The van der Waals surface area contributed by atoms with Gasteiger partial charge in [-0.25, -0.2) is 8.42 Å². The van der Waals surface area contributed by atoms with E-state index in [4.69, 9.17) is 23.2 Å². The average Bonchev–Trinajstić information content (AvgIpc) is 2.57. The minimum absolute atomic E-state index is 0.261. The molecule has 1 amide bonds. The van der Waals surface area contributed by atoms with E-state index < -0.39 is 10.0 Å². The van der Waals surface area contributed by atoms with Gasteiger partial charge in [0.2, 0.25) is 10.0 Å². The Morgan fingerprint density at radius 2 is 1.81 bits per heavy atom. The van der Waals surface area contributed by atoms with Crippen LogP contribution in [-0.4, -0.2) is 32.9 Å². The minimum Gasteiger partial charge on any atom is -0.351 e. The van der Waals surface area contributed by atoms with Gasteiger partial charge in [0.05, 0.1) is 11.9 Å². The highest BCUT2D eigenvalue weighted by molar-refractivity contribution is 7.98. The van der Waals surface area contributed by atoms with Crippen LogP contribution in [-0.2, 0) is 15.8 Å². The van der Waals surface area contributed by atoms with Crippen LogP contribution >= 0.6 is 35.0 Å². The van der Waals surface area contributed by atoms with Crippen molar-refractivity contribution in [3.63, 3.8) is 0 Å². The monoisotopic (exact) mass is 446 g/mol. The summed E-state index contributed by atoms with van der Waals surface area (Å²) in [5.74, 6) is 1.08. The zero-order valence-corrected chi connectivity index (χ0v) is 18.0. The second-order valence-electron chi connectivity index (χ2n) is 5.91. The van der Waals surface area contributed by atoms with Crippen molar-refractivity contribution in [1.29, 1.82) is 0 Å². The molecule has 2 aromatic rings. The third-order valence-electron chi connectivity index (χ3n) is 3.64. The highest BCUT2D eigenvalue weighted by Crippen LogP contribution is 2.28. The maximum atomic E-state index is 12.3. The normalized spacial score (nSPS) is 11.3. The van der Waals surface area contributed by atoms with Crippen LogP contribution in [0.4, 0.5) is 5.69 Å². The summed E-state index contributed by atoms with van der Waals surface area (Å²) in [6, 6.07) is 10.3. The maximum absolute atomic E-state index is 12.3. The average molecular weight is 447 g/mol. The molecule has 0 radical (unpaired) electrons. The number of hydrogen-bond donors (Lipinski definition) is 2. The van der Waals surface area contributed by atoms with Gasteiger partial charge in [-0.1, -0.05) is 35.3 Å². The number of anilines is 1. The second kappa shape index (κ2) is 9.68. The number of halogens is 2. The van der Waals surface area contributed by atoms with E-state index in [1.54, 1.807) is 49.0 Å². The van der Waals surface area contributed by atoms with Gasteiger partial charge < -0.3 is 5.32 Å². The lowest BCUT2D eigenvalue weighted by molar-refractivity contribution is 0.0956. The molecule has 0 saturated heterocycles. The summed E-state index contributed by atoms with van der Waals surface area (Å²) in [4.78, 5) is 12.3. The van der Waals surface area contributed by atoms with Crippen LogP contribution in [0.15, 0.2) is 36.4 Å². The molecule has 0 spiro atoms. The van der Waals surface area contributed by atoms with E-state index in [9.17, 15) is 13.2 Å². The number of thioether (sulfide) groups is 1. The van der Waals surface area contributed by atoms with Gasteiger partial charge in [-0.3, -0.25) is 9.52 Å². The number of carbonyl (C=O) groups is 1. The third kappa shape index (κ3) is 6.92. The number of carbonyl (C=O) groups excluding carboxylic acids is 1. The molecule has 0 aliphatic carbocycles. The molecule has 2 aromatic carbocycles. The van der Waals surface area contributed by atoms with Gasteiger partial charge in [-0.2, -0.15) is 11.8 Å². The molecular weight excluding hydrogens is 427 g/mol. The van der Waals surface area contributed by atoms with E-state index in [0.29, 0.717) is 39.3 Å². The minimum atomic E-state index is -3.41. The molecule has 0 aromatic heterocycles. The Balaban J connectivity index is 1.86. The molecule has 0 fully saturated rings. The quantitative estimate of drug-likeness (QED) is 0.591. The predicted octanol–water partition coefficient (Wildman–Crippen LogP) is 4.34. The Bertz CT molecular complexity index is 914. The van der Waals surface area contributed by atoms with Crippen molar-refractivity contribution in [3.8, 4) is 0 Å². The number of benzene rings is 2. The van der Waals surface area contributed by atoms with Crippen LogP contribution in [0.2, 0.25) is 10.0 Å². The molecule has 0 heterocycles. The highest BCUT2D eigenvalue weighted by Gasteiger charge is 2.11. The Morgan fingerprint density at radius 3 is 2.44 bits per heavy atom. The van der Waals surface area contributed by atoms with E-state index in [0.717, 1.165) is 17.4 Å². The van der Waals surface area contributed by atoms with Gasteiger partial charge >= 0.3 is 0 Å². The van der Waals surface area contributed by atoms with Crippen LogP contribution in [0.3, 0.4) is 0 Å². The van der Waals surface area contributed by atoms with E-state index in [2.05, 4.69) is 10.0 Å². The lowest BCUT2D eigenvalue weighted by Crippen LogP contribution is -2.26. The smallest absolute Gasteiger partial charge is 0.251 e. The van der Waals surface area contributed by atoms with E-state index in [-0.39, 0.29) is 5.91 Å². The fraction of sp³-hybridized carbons (Fsp3) is 0.278. The first-order chi connectivity index (χ1) is 12.7. The molecule has 5 nitrogen and oxygen atoms in total. The third-order valence-corrected chi connectivity index (χ3v) is 5.92. The number of amides is 1. The molecule has 2 N–H and O–H groups in total. The van der Waals surface area contributed by atoms with E-state index >= 15 is 0 Å². The van der Waals surface area contributed by atoms with Crippen molar-refractivity contribution in [2.45, 2.75) is 12.7 Å². The van der Waals surface area contributed by atoms with Crippen molar-refractivity contribution < 1.29 is 13.2 Å². The number of nitrogens with one attached hydrogen (secondary N) is 2. The lowest BCUT2D eigenvalue weighted by atomic mass is 10.1. The first-order valence-electron chi connectivity index (χ1n) is 8.04. The standard InChI is InChI=1S/C18H20Cl2N2O3S2/c1-12-6-7-13(10-17(12)22-27(2,24)25)18(23)21-8-9-26-11-14-15(19)4-3-5-16(14)20/h3-7,10,22H,8-9,11H2,1-2H3,(H,21,23). The number of rotatable bonds is 8. The molecule has 2 rings (SSSR count). The lowest BCUT2D eigenvalue weighted by Gasteiger charge is -2.11. The van der Waals surface area contributed by atoms with Crippen molar-refractivity contribution >= 4 is 56.6 Å². The van der Waals surface area contributed by atoms with E-state index in [1.165, 1.54) is 6.07 Å². The predicted molar refractivity (Wildman–Crippen MR) is 115 cm³/mol. The zero-order chi connectivity index (χ0) is 20.0. The van der Waals surface area contributed by atoms with Crippen LogP contribution in [0.5, 0.6) is 0 Å². The molecule has 146 valence electrons. The van der Waals surface area contributed by atoms with Crippen molar-refractivity contribution in [2.24, 2.45) is 0 Å². The van der Waals surface area contributed by atoms with Crippen LogP contribution in [0.1, 0.15) is 21.5 Å². The molecule has 27 heavy (non-hydrogen) atoms. The van der Waals surface area contributed by atoms with Gasteiger partial charge in [-0.05, 0) is 42.3 Å². The fourth-order valence-electron chi connectivity index (χ4n) is 2.26. The molecule has 0 atom stereocenters. The maximum Gasteiger partial charge on any atom is 0.251 e. The van der Waals surface area contributed by atoms with Gasteiger partial charge in [0.25, 0.3) is 5.91 Å². The van der Waals surface area contributed by atoms with Gasteiger partial charge in [0.15, 0.2) is 0 Å². The van der Waals surface area contributed by atoms with Gasteiger partial charge in [-0.15, -0.1) is 0 Å². The number of hydrogen-bond acceptors (Lipinski definition) is 4. The Morgan fingerprint density at radius 1 is 1.15 bits per heavy atom. The summed E-state index contributed by atoms with van der Waals surface area (Å²) in [6.45, 7) is 2.24. The van der Waals surface area contributed by atoms with Crippen molar-refractivity contribution in [2.75, 3.05) is 23.3 Å². The van der Waals surface area contributed by atoms with E-state index in [1.807, 2.05) is 0 Å². The Hall–Kier alpha value is -1.41. The Labute approximate surface area is 173 Å². The Kier molecular flexibility index (Phi) is 7.85. The summed E-state index contributed by atoms with van der Waals surface area (Å²) < 4.78 is 25.2. The molecule has 0 aliphatic rings. The van der Waals surface area contributed by atoms with Gasteiger partial charge in [0, 0.05) is 33.7 Å². The van der Waals surface area contributed by atoms with Crippen LogP contribution in [0.25, 0.3) is 0 Å².